The Morgan fingerprint density at radius 3 is 2.52 bits per heavy atom. The highest BCUT2D eigenvalue weighted by Gasteiger charge is 2.09. The van der Waals surface area contributed by atoms with Crippen LogP contribution in [0.15, 0.2) is 28.8 Å². The van der Waals surface area contributed by atoms with Crippen LogP contribution in [0.25, 0.3) is 0 Å². The lowest BCUT2D eigenvalue weighted by atomic mass is 10.1. The average molecular weight is 317 g/mol. The van der Waals surface area contributed by atoms with Crippen molar-refractivity contribution < 1.29 is 14.1 Å². The molecule has 0 radical (unpaired) electrons. The van der Waals surface area contributed by atoms with Gasteiger partial charge in [-0.2, -0.15) is 0 Å². The SMILES string of the molecule is Cc1cc(C)cc(OCCN(C)CC(=O)Nc2cc(C)no2)c1. The van der Waals surface area contributed by atoms with Gasteiger partial charge in [-0.1, -0.05) is 11.2 Å². The molecular weight excluding hydrogens is 294 g/mol. The van der Waals surface area contributed by atoms with Gasteiger partial charge in [0.25, 0.3) is 0 Å². The number of rotatable bonds is 7. The first kappa shape index (κ1) is 17.0. The van der Waals surface area contributed by atoms with Crippen molar-refractivity contribution in [1.29, 1.82) is 0 Å². The number of aryl methyl sites for hydroxylation is 3. The molecule has 23 heavy (non-hydrogen) atoms. The van der Waals surface area contributed by atoms with Crippen molar-refractivity contribution in [1.82, 2.24) is 10.1 Å². The molecule has 1 N–H and O–H groups in total. The zero-order valence-electron chi connectivity index (χ0n) is 14.0. The van der Waals surface area contributed by atoms with Crippen molar-refractivity contribution in [3.05, 3.63) is 41.1 Å². The van der Waals surface area contributed by atoms with E-state index in [1.807, 2.05) is 37.9 Å². The van der Waals surface area contributed by atoms with Crippen LogP contribution in [0.1, 0.15) is 16.8 Å². The summed E-state index contributed by atoms with van der Waals surface area (Å²) in [4.78, 5) is 13.8. The molecule has 0 saturated heterocycles. The van der Waals surface area contributed by atoms with Gasteiger partial charge in [0, 0.05) is 12.6 Å². The monoisotopic (exact) mass is 317 g/mol. The molecule has 1 aromatic carbocycles. The van der Waals surface area contributed by atoms with Gasteiger partial charge >= 0.3 is 0 Å². The fourth-order valence-electron chi connectivity index (χ4n) is 2.26. The third-order valence-electron chi connectivity index (χ3n) is 3.24. The molecule has 2 aromatic rings. The highest BCUT2D eigenvalue weighted by Crippen LogP contribution is 2.16. The maximum Gasteiger partial charge on any atom is 0.240 e. The number of hydrogen-bond acceptors (Lipinski definition) is 5. The van der Waals surface area contributed by atoms with Crippen LogP contribution in [0, 0.1) is 20.8 Å². The van der Waals surface area contributed by atoms with Gasteiger partial charge in [-0.25, -0.2) is 0 Å². The average Bonchev–Trinajstić information content (AvgIpc) is 2.82. The second-order valence-electron chi connectivity index (χ2n) is 5.79. The van der Waals surface area contributed by atoms with Crippen LogP contribution >= 0.6 is 0 Å². The number of benzene rings is 1. The number of anilines is 1. The van der Waals surface area contributed by atoms with Crippen LogP contribution in [-0.2, 0) is 4.79 Å². The van der Waals surface area contributed by atoms with E-state index >= 15 is 0 Å². The van der Waals surface area contributed by atoms with Crippen molar-refractivity contribution in [2.75, 3.05) is 32.1 Å². The fourth-order valence-corrected chi connectivity index (χ4v) is 2.26. The number of amides is 1. The van der Waals surface area contributed by atoms with E-state index in [2.05, 4.69) is 16.5 Å². The lowest BCUT2D eigenvalue weighted by molar-refractivity contribution is -0.117. The molecule has 0 aliphatic rings. The first-order valence-corrected chi connectivity index (χ1v) is 7.55. The van der Waals surface area contributed by atoms with Gasteiger partial charge in [-0.05, 0) is 51.1 Å². The maximum absolute atomic E-state index is 11.9. The minimum atomic E-state index is -0.143. The summed E-state index contributed by atoms with van der Waals surface area (Å²) in [5, 5.41) is 6.39. The van der Waals surface area contributed by atoms with Crippen LogP contribution in [0.2, 0.25) is 0 Å². The topological polar surface area (TPSA) is 67.6 Å². The molecule has 124 valence electrons. The summed E-state index contributed by atoms with van der Waals surface area (Å²) in [6, 6.07) is 7.80. The van der Waals surface area contributed by atoms with Gasteiger partial charge in [0.1, 0.15) is 12.4 Å². The summed E-state index contributed by atoms with van der Waals surface area (Å²) in [6.07, 6.45) is 0. The molecule has 1 amide bonds. The molecule has 0 fully saturated rings. The fraction of sp³-hybridized carbons (Fsp3) is 0.412. The lowest BCUT2D eigenvalue weighted by Crippen LogP contribution is -2.33. The van der Waals surface area contributed by atoms with E-state index in [1.54, 1.807) is 13.0 Å². The number of aromatic nitrogens is 1. The summed E-state index contributed by atoms with van der Waals surface area (Å²) in [5.74, 6) is 1.08. The summed E-state index contributed by atoms with van der Waals surface area (Å²) >= 11 is 0. The van der Waals surface area contributed by atoms with E-state index in [4.69, 9.17) is 9.26 Å². The summed E-state index contributed by atoms with van der Waals surface area (Å²) in [7, 11) is 1.87. The smallest absolute Gasteiger partial charge is 0.240 e. The minimum Gasteiger partial charge on any atom is -0.492 e. The Bertz CT molecular complexity index is 647. The summed E-state index contributed by atoms with van der Waals surface area (Å²) in [6.45, 7) is 7.32. The molecule has 0 atom stereocenters. The van der Waals surface area contributed by atoms with Crippen molar-refractivity contribution in [3.8, 4) is 5.75 Å². The van der Waals surface area contributed by atoms with Gasteiger partial charge in [-0.15, -0.1) is 0 Å². The number of nitrogens with zero attached hydrogens (tertiary/aromatic N) is 2. The van der Waals surface area contributed by atoms with Crippen LogP contribution < -0.4 is 10.1 Å². The van der Waals surface area contributed by atoms with Crippen LogP contribution in [0.4, 0.5) is 5.88 Å². The van der Waals surface area contributed by atoms with Gasteiger partial charge in [0.15, 0.2) is 0 Å². The largest absolute Gasteiger partial charge is 0.492 e. The van der Waals surface area contributed by atoms with Crippen molar-refractivity contribution in [2.45, 2.75) is 20.8 Å². The molecule has 1 aromatic heterocycles. The van der Waals surface area contributed by atoms with E-state index in [9.17, 15) is 4.79 Å². The Balaban J connectivity index is 1.72. The van der Waals surface area contributed by atoms with E-state index < -0.39 is 0 Å². The molecule has 6 nitrogen and oxygen atoms in total. The highest BCUT2D eigenvalue weighted by atomic mass is 16.5. The highest BCUT2D eigenvalue weighted by molar-refractivity contribution is 5.90. The summed E-state index contributed by atoms with van der Waals surface area (Å²) < 4.78 is 10.7. The second kappa shape index (κ2) is 7.78. The molecule has 1 heterocycles. The van der Waals surface area contributed by atoms with E-state index in [0.29, 0.717) is 19.0 Å². The molecule has 2 rings (SSSR count). The molecule has 6 heteroatoms. The van der Waals surface area contributed by atoms with E-state index in [0.717, 1.165) is 11.4 Å². The standard InChI is InChI=1S/C17H23N3O3/c1-12-7-13(2)9-15(8-12)22-6-5-20(4)11-16(21)18-17-10-14(3)19-23-17/h7-10H,5-6,11H2,1-4H3,(H,18,21). The number of hydrogen-bond donors (Lipinski definition) is 1. The molecule has 0 spiro atoms. The van der Waals surface area contributed by atoms with Crippen LogP contribution in [-0.4, -0.2) is 42.7 Å². The maximum atomic E-state index is 11.9. The molecular formula is C17H23N3O3. The first-order valence-electron chi connectivity index (χ1n) is 7.55. The van der Waals surface area contributed by atoms with E-state index in [1.165, 1.54) is 11.1 Å². The van der Waals surface area contributed by atoms with E-state index in [-0.39, 0.29) is 12.5 Å². The molecule has 0 saturated carbocycles. The van der Waals surface area contributed by atoms with Crippen molar-refractivity contribution in [2.24, 2.45) is 0 Å². The van der Waals surface area contributed by atoms with Gasteiger partial charge in [-0.3, -0.25) is 15.0 Å². The van der Waals surface area contributed by atoms with Crippen LogP contribution in [0.3, 0.4) is 0 Å². The Morgan fingerprint density at radius 1 is 1.22 bits per heavy atom. The first-order chi connectivity index (χ1) is 10.9. The van der Waals surface area contributed by atoms with Crippen LogP contribution in [0.5, 0.6) is 5.75 Å². The number of nitrogens with one attached hydrogen (secondary N) is 1. The van der Waals surface area contributed by atoms with Gasteiger partial charge in [0.2, 0.25) is 11.8 Å². The Hall–Kier alpha value is -2.34. The number of carbonyl (C=O) groups excluding carboxylic acids is 1. The molecule has 0 aliphatic heterocycles. The van der Waals surface area contributed by atoms with Gasteiger partial charge in [0.05, 0.1) is 12.2 Å². The number of carbonyl (C=O) groups is 1. The normalized spacial score (nSPS) is 10.8. The number of likely N-dealkylation sites (N-methyl/N-ethyl adjacent to an activating group) is 1. The second-order valence-corrected chi connectivity index (χ2v) is 5.79. The van der Waals surface area contributed by atoms with Crippen molar-refractivity contribution in [3.63, 3.8) is 0 Å². The lowest BCUT2D eigenvalue weighted by Gasteiger charge is -2.16. The van der Waals surface area contributed by atoms with Crippen molar-refractivity contribution >= 4 is 11.8 Å². The third-order valence-corrected chi connectivity index (χ3v) is 3.24. The molecule has 0 aliphatic carbocycles. The Kier molecular flexibility index (Phi) is 5.76. The Morgan fingerprint density at radius 2 is 1.91 bits per heavy atom. The molecule has 0 unspecified atom stereocenters. The number of ether oxygens (including phenoxy) is 1. The Labute approximate surface area is 136 Å². The van der Waals surface area contributed by atoms with Gasteiger partial charge < -0.3 is 9.26 Å². The summed E-state index contributed by atoms with van der Waals surface area (Å²) in [5.41, 5.74) is 3.08. The molecule has 0 bridgehead atoms. The minimum absolute atomic E-state index is 0.143. The third kappa shape index (κ3) is 5.75. The quantitative estimate of drug-likeness (QED) is 0.850. The predicted octanol–water partition coefficient (Wildman–Crippen LogP) is 2.55. The zero-order chi connectivity index (χ0) is 16.8. The zero-order valence-corrected chi connectivity index (χ0v) is 14.0. The predicted molar refractivity (Wildman–Crippen MR) is 88.8 cm³/mol.